The topological polar surface area (TPSA) is 146 Å². The Bertz CT molecular complexity index is 647. The number of aliphatic hydroxyl groups excluding tert-OH is 2. The molecule has 1 radical (unpaired) electrons. The average Bonchev–Trinajstić information content (AvgIpc) is 2.61. The first-order valence-electron chi connectivity index (χ1n) is 8.60. The Morgan fingerprint density at radius 1 is 0.645 bits per heavy atom. The Morgan fingerprint density at radius 3 is 1.13 bits per heavy atom. The second-order valence-corrected chi connectivity index (χ2v) is 5.72. The van der Waals surface area contributed by atoms with E-state index in [0.717, 1.165) is 12.2 Å². The number of esters is 2. The van der Waals surface area contributed by atoms with E-state index < -0.39 is 23.8 Å². The molecule has 31 heavy (non-hydrogen) atoms. The molecule has 10 nitrogen and oxygen atoms in total. The predicted molar refractivity (Wildman–Crippen MR) is 106 cm³/mol. The number of hydrogen-bond donors (Lipinski definition) is 2. The molecule has 0 aliphatic heterocycles. The largest absolute Gasteiger partial charge is 0.481 e. The van der Waals surface area contributed by atoms with Gasteiger partial charge in [0.25, 0.3) is 11.9 Å². The Labute approximate surface area is 191 Å². The monoisotopic (exact) mass is 491 g/mol. The van der Waals surface area contributed by atoms with Gasteiger partial charge >= 0.3 is 11.9 Å². The molecule has 0 aliphatic rings. The molecule has 11 heteroatoms. The van der Waals surface area contributed by atoms with Crippen molar-refractivity contribution in [1.82, 2.24) is 0 Å². The SMILES string of the molecule is C=C(C)C(=O)OCCO/C(O)=C/C(C)=O.C=C(C)C(=O)OCCO/C(O)=C/C(C)=O.[Cu]. The standard InChI is InChI=1S/2C10H14O5.Cu/c2*1-7(2)10(13)15-5-4-14-9(12)6-8(3)11;/h2*6,12H,1,4-5H2,2-3H3;/b2*9-6+;. The van der Waals surface area contributed by atoms with Gasteiger partial charge in [-0.15, -0.1) is 0 Å². The number of carbonyl (C=O) groups excluding carboxylic acids is 4. The van der Waals surface area contributed by atoms with E-state index in [-0.39, 0.29) is 55.1 Å². The third-order valence-corrected chi connectivity index (χ3v) is 2.48. The zero-order valence-corrected chi connectivity index (χ0v) is 18.8. The van der Waals surface area contributed by atoms with Gasteiger partial charge in [0.15, 0.2) is 11.6 Å². The summed E-state index contributed by atoms with van der Waals surface area (Å²) in [5.41, 5.74) is 0.581. The van der Waals surface area contributed by atoms with Gasteiger partial charge in [0.05, 0.1) is 12.2 Å². The fourth-order valence-corrected chi connectivity index (χ4v) is 1.24. The maximum Gasteiger partial charge on any atom is 0.333 e. The third-order valence-electron chi connectivity index (χ3n) is 2.48. The number of ether oxygens (including phenoxy) is 4. The summed E-state index contributed by atoms with van der Waals surface area (Å²) in [6.07, 6.45) is 1.86. The molecule has 0 heterocycles. The normalized spacial score (nSPS) is 10.3. The molecule has 179 valence electrons. The van der Waals surface area contributed by atoms with E-state index in [4.69, 9.17) is 10.2 Å². The minimum absolute atomic E-state index is 0. The van der Waals surface area contributed by atoms with Crippen molar-refractivity contribution in [2.75, 3.05) is 26.4 Å². The second-order valence-electron chi connectivity index (χ2n) is 5.72. The van der Waals surface area contributed by atoms with Crippen LogP contribution in [0.15, 0.2) is 48.3 Å². The van der Waals surface area contributed by atoms with Crippen LogP contribution in [0, 0.1) is 0 Å². The number of ketones is 2. The van der Waals surface area contributed by atoms with E-state index in [0.29, 0.717) is 11.1 Å². The van der Waals surface area contributed by atoms with E-state index in [1.54, 1.807) is 0 Å². The molecule has 0 saturated heterocycles. The zero-order chi connectivity index (χ0) is 23.7. The summed E-state index contributed by atoms with van der Waals surface area (Å²) in [7, 11) is 0. The molecule has 0 aromatic rings. The molecule has 0 bridgehead atoms. The number of allylic oxidation sites excluding steroid dienone is 2. The molecule has 0 amide bonds. The van der Waals surface area contributed by atoms with Gasteiger partial charge in [0, 0.05) is 28.2 Å². The second kappa shape index (κ2) is 19.0. The van der Waals surface area contributed by atoms with E-state index in [9.17, 15) is 19.2 Å². The Balaban J connectivity index is -0.000000490. The van der Waals surface area contributed by atoms with E-state index in [1.807, 2.05) is 0 Å². The van der Waals surface area contributed by atoms with Crippen LogP contribution in [0.5, 0.6) is 0 Å². The summed E-state index contributed by atoms with van der Waals surface area (Å²) < 4.78 is 18.7. The molecular weight excluding hydrogens is 464 g/mol. The smallest absolute Gasteiger partial charge is 0.333 e. The molecular formula is C20H28CuO10. The van der Waals surface area contributed by atoms with Crippen molar-refractivity contribution in [2.24, 2.45) is 0 Å². The van der Waals surface area contributed by atoms with Gasteiger partial charge in [-0.2, -0.15) is 0 Å². The van der Waals surface area contributed by atoms with Gasteiger partial charge in [0.2, 0.25) is 0 Å². The van der Waals surface area contributed by atoms with Crippen LogP contribution in [-0.2, 0) is 55.2 Å². The zero-order valence-electron chi connectivity index (χ0n) is 17.9. The molecule has 0 fully saturated rings. The van der Waals surface area contributed by atoms with Crippen LogP contribution >= 0.6 is 0 Å². The number of hydrogen-bond acceptors (Lipinski definition) is 10. The average molecular weight is 492 g/mol. The van der Waals surface area contributed by atoms with Crippen LogP contribution in [0.25, 0.3) is 0 Å². The third kappa shape index (κ3) is 23.1. The van der Waals surface area contributed by atoms with Gasteiger partial charge in [-0.3, -0.25) is 9.59 Å². The Morgan fingerprint density at radius 2 is 0.903 bits per heavy atom. The van der Waals surface area contributed by atoms with Gasteiger partial charge < -0.3 is 29.2 Å². The maximum atomic E-state index is 10.9. The Hall–Kier alpha value is -3.04. The van der Waals surface area contributed by atoms with Crippen LogP contribution in [0.2, 0.25) is 0 Å². The van der Waals surface area contributed by atoms with Crippen molar-refractivity contribution in [1.29, 1.82) is 0 Å². The molecule has 0 rings (SSSR count). The summed E-state index contributed by atoms with van der Waals surface area (Å²) in [5, 5.41) is 17.9. The van der Waals surface area contributed by atoms with Crippen molar-refractivity contribution in [3.63, 3.8) is 0 Å². The molecule has 0 aromatic carbocycles. The first-order valence-corrected chi connectivity index (χ1v) is 8.60. The predicted octanol–water partition coefficient (Wildman–Crippen LogP) is 2.22. The molecule has 2 N–H and O–H groups in total. The first-order chi connectivity index (χ1) is 13.9. The fourth-order valence-electron chi connectivity index (χ4n) is 1.24. The molecule has 0 spiro atoms. The summed E-state index contributed by atoms with van der Waals surface area (Å²) in [6, 6.07) is 0. The van der Waals surface area contributed by atoms with Crippen LogP contribution in [-0.4, -0.2) is 60.1 Å². The van der Waals surface area contributed by atoms with Crippen molar-refractivity contribution in [2.45, 2.75) is 27.7 Å². The fraction of sp³-hybridized carbons (Fsp3) is 0.400. The van der Waals surface area contributed by atoms with E-state index >= 15 is 0 Å². The van der Waals surface area contributed by atoms with Crippen LogP contribution in [0.1, 0.15) is 27.7 Å². The van der Waals surface area contributed by atoms with Crippen LogP contribution in [0.4, 0.5) is 0 Å². The minimum atomic E-state index is -0.520. The van der Waals surface area contributed by atoms with Crippen molar-refractivity contribution in [3.8, 4) is 0 Å². The van der Waals surface area contributed by atoms with Crippen molar-refractivity contribution in [3.05, 3.63) is 48.3 Å². The van der Waals surface area contributed by atoms with Crippen molar-refractivity contribution >= 4 is 23.5 Å². The van der Waals surface area contributed by atoms with Gasteiger partial charge in [-0.1, -0.05) is 13.2 Å². The number of carbonyl (C=O) groups is 4. The molecule has 0 aliphatic carbocycles. The van der Waals surface area contributed by atoms with E-state index in [2.05, 4.69) is 32.1 Å². The summed E-state index contributed by atoms with van der Waals surface area (Å²) >= 11 is 0. The summed E-state index contributed by atoms with van der Waals surface area (Å²) in [6.45, 7) is 12.3. The molecule has 0 saturated carbocycles. The Kier molecular flexibility index (Phi) is 19.9. The quantitative estimate of drug-likeness (QED) is 0.137. The number of rotatable bonds is 12. The molecule has 0 atom stereocenters. The maximum absolute atomic E-state index is 10.9. The van der Waals surface area contributed by atoms with Crippen LogP contribution < -0.4 is 0 Å². The van der Waals surface area contributed by atoms with E-state index in [1.165, 1.54) is 27.7 Å². The summed E-state index contributed by atoms with van der Waals surface area (Å²) in [5.74, 6) is -2.68. The molecule has 0 aromatic heterocycles. The molecule has 0 unspecified atom stereocenters. The first kappa shape index (κ1) is 32.6. The van der Waals surface area contributed by atoms with Crippen molar-refractivity contribution < 1.29 is 65.4 Å². The van der Waals surface area contributed by atoms with Gasteiger partial charge in [-0.05, 0) is 27.7 Å². The minimum Gasteiger partial charge on any atom is -0.481 e. The number of aliphatic hydroxyl groups is 2. The van der Waals surface area contributed by atoms with Gasteiger partial charge in [0.1, 0.15) is 26.4 Å². The summed E-state index contributed by atoms with van der Waals surface area (Å²) in [4.78, 5) is 42.7. The van der Waals surface area contributed by atoms with Gasteiger partial charge in [-0.25, -0.2) is 9.59 Å². The van der Waals surface area contributed by atoms with Crippen LogP contribution in [0.3, 0.4) is 0 Å².